The van der Waals surface area contributed by atoms with E-state index in [1.54, 1.807) is 27.3 Å². The topological polar surface area (TPSA) is 116 Å². The number of hydrogen-bond acceptors (Lipinski definition) is 5. The summed E-state index contributed by atoms with van der Waals surface area (Å²) in [5.74, 6) is 2.68. The van der Waals surface area contributed by atoms with Gasteiger partial charge in [0.05, 0.1) is 13.7 Å². The second-order valence-corrected chi connectivity index (χ2v) is 6.72. The molecule has 0 atom stereocenters. The van der Waals surface area contributed by atoms with Gasteiger partial charge in [-0.1, -0.05) is 12.1 Å². The molecule has 2 aromatic carbocycles. The molecule has 10 heteroatoms. The van der Waals surface area contributed by atoms with Crippen LogP contribution >= 0.6 is 24.0 Å². The highest BCUT2D eigenvalue weighted by Gasteiger charge is 2.08. The van der Waals surface area contributed by atoms with Crippen LogP contribution in [0.4, 0.5) is 0 Å². The molecular formula is C22H28IN7O2. The summed E-state index contributed by atoms with van der Waals surface area (Å²) in [4.78, 5) is 20.5. The maximum absolute atomic E-state index is 11.8. The number of H-pyrrole nitrogens is 1. The van der Waals surface area contributed by atoms with Crippen LogP contribution in [0.1, 0.15) is 21.7 Å². The van der Waals surface area contributed by atoms with Gasteiger partial charge in [0.15, 0.2) is 11.8 Å². The van der Waals surface area contributed by atoms with Crippen molar-refractivity contribution in [3.05, 3.63) is 65.5 Å². The van der Waals surface area contributed by atoms with Crippen LogP contribution in [-0.2, 0) is 13.0 Å². The van der Waals surface area contributed by atoms with Crippen molar-refractivity contribution in [3.63, 3.8) is 0 Å². The summed E-state index contributed by atoms with van der Waals surface area (Å²) >= 11 is 0. The number of hydrogen-bond donors (Lipinski definition) is 4. The average molecular weight is 549 g/mol. The van der Waals surface area contributed by atoms with Gasteiger partial charge in [0.2, 0.25) is 0 Å². The van der Waals surface area contributed by atoms with E-state index < -0.39 is 0 Å². The van der Waals surface area contributed by atoms with E-state index in [1.807, 2.05) is 42.5 Å². The first-order valence-electron chi connectivity index (χ1n) is 9.94. The molecule has 32 heavy (non-hydrogen) atoms. The van der Waals surface area contributed by atoms with Crippen molar-refractivity contribution in [3.8, 4) is 17.1 Å². The number of aromatic amines is 1. The largest absolute Gasteiger partial charge is 0.497 e. The highest BCUT2D eigenvalue weighted by atomic mass is 127. The number of carbonyl (C=O) groups is 1. The summed E-state index contributed by atoms with van der Waals surface area (Å²) in [6.07, 6.45) is 0.759. The number of benzene rings is 2. The Morgan fingerprint density at radius 1 is 1.16 bits per heavy atom. The molecule has 1 heterocycles. The first kappa shape index (κ1) is 25.1. The van der Waals surface area contributed by atoms with Gasteiger partial charge in [-0.3, -0.25) is 14.9 Å². The molecule has 3 aromatic rings. The van der Waals surface area contributed by atoms with Crippen LogP contribution < -0.4 is 20.7 Å². The Hall–Kier alpha value is -3.15. The van der Waals surface area contributed by atoms with E-state index in [9.17, 15) is 4.79 Å². The quantitative estimate of drug-likeness (QED) is 0.195. The van der Waals surface area contributed by atoms with Crippen LogP contribution in [0, 0.1) is 0 Å². The zero-order chi connectivity index (χ0) is 22.1. The molecule has 1 amide bonds. The summed E-state index contributed by atoms with van der Waals surface area (Å²) in [6, 6.07) is 15.2. The molecule has 0 bridgehead atoms. The van der Waals surface area contributed by atoms with Crippen LogP contribution in [0.3, 0.4) is 0 Å². The van der Waals surface area contributed by atoms with E-state index in [4.69, 9.17) is 4.74 Å². The van der Waals surface area contributed by atoms with Crippen molar-refractivity contribution >= 4 is 35.8 Å². The number of rotatable bonds is 8. The van der Waals surface area contributed by atoms with Crippen LogP contribution in [0.5, 0.6) is 5.75 Å². The SMILES string of the molecule is CN=C(NCCc1cccc(C(=O)NC)c1)NCc1nc(-c2ccc(OC)cc2)n[nH]1.I. The van der Waals surface area contributed by atoms with Crippen LogP contribution in [-0.4, -0.2) is 54.8 Å². The van der Waals surface area contributed by atoms with Gasteiger partial charge < -0.3 is 20.7 Å². The van der Waals surface area contributed by atoms with E-state index >= 15 is 0 Å². The van der Waals surface area contributed by atoms with Crippen molar-refractivity contribution in [2.75, 3.05) is 27.7 Å². The Morgan fingerprint density at radius 2 is 1.94 bits per heavy atom. The smallest absolute Gasteiger partial charge is 0.251 e. The van der Waals surface area contributed by atoms with Crippen molar-refractivity contribution in [2.45, 2.75) is 13.0 Å². The molecule has 3 rings (SSSR count). The normalized spacial score (nSPS) is 10.8. The molecule has 0 spiro atoms. The fourth-order valence-corrected chi connectivity index (χ4v) is 2.97. The molecule has 0 aliphatic carbocycles. The van der Waals surface area contributed by atoms with E-state index in [-0.39, 0.29) is 29.9 Å². The number of ether oxygens (including phenoxy) is 1. The van der Waals surface area contributed by atoms with Gasteiger partial charge in [-0.2, -0.15) is 5.10 Å². The minimum absolute atomic E-state index is 0. The van der Waals surface area contributed by atoms with E-state index in [2.05, 4.69) is 36.1 Å². The van der Waals surface area contributed by atoms with E-state index in [0.717, 1.165) is 23.3 Å². The van der Waals surface area contributed by atoms with E-state index in [1.165, 1.54) is 0 Å². The molecule has 0 saturated carbocycles. The number of methoxy groups -OCH3 is 1. The maximum Gasteiger partial charge on any atom is 0.251 e. The number of halogens is 1. The third-order valence-electron chi connectivity index (χ3n) is 4.65. The first-order chi connectivity index (χ1) is 15.1. The lowest BCUT2D eigenvalue weighted by atomic mass is 10.1. The van der Waals surface area contributed by atoms with Gasteiger partial charge in [0.1, 0.15) is 11.6 Å². The van der Waals surface area contributed by atoms with E-state index in [0.29, 0.717) is 36.3 Å². The fourth-order valence-electron chi connectivity index (χ4n) is 2.97. The third-order valence-corrected chi connectivity index (χ3v) is 4.65. The van der Waals surface area contributed by atoms with Gasteiger partial charge in [-0.25, -0.2) is 4.98 Å². The zero-order valence-corrected chi connectivity index (χ0v) is 20.6. The number of nitrogens with zero attached hydrogens (tertiary/aromatic N) is 3. The van der Waals surface area contributed by atoms with Crippen LogP contribution in [0.25, 0.3) is 11.4 Å². The average Bonchev–Trinajstić information content (AvgIpc) is 3.30. The summed E-state index contributed by atoms with van der Waals surface area (Å²) in [5.41, 5.74) is 2.63. The summed E-state index contributed by atoms with van der Waals surface area (Å²) in [6.45, 7) is 1.12. The summed E-state index contributed by atoms with van der Waals surface area (Å²) in [7, 11) is 4.97. The Bertz CT molecular complexity index is 1030. The Labute approximate surface area is 204 Å². The van der Waals surface area contributed by atoms with Gasteiger partial charge in [0.25, 0.3) is 5.91 Å². The number of aliphatic imine (C=N–C) groups is 1. The molecule has 0 radical (unpaired) electrons. The predicted molar refractivity (Wildman–Crippen MR) is 136 cm³/mol. The van der Waals surface area contributed by atoms with Gasteiger partial charge in [-0.05, 0) is 48.4 Å². The molecule has 0 saturated heterocycles. The number of guanidine groups is 1. The Morgan fingerprint density at radius 3 is 2.62 bits per heavy atom. The highest BCUT2D eigenvalue weighted by molar-refractivity contribution is 14.0. The first-order valence-corrected chi connectivity index (χ1v) is 9.94. The molecule has 0 aliphatic heterocycles. The molecule has 0 fully saturated rings. The minimum atomic E-state index is -0.0895. The monoisotopic (exact) mass is 549 g/mol. The molecule has 0 unspecified atom stereocenters. The van der Waals surface area contributed by atoms with Gasteiger partial charge in [0, 0.05) is 31.8 Å². The number of amides is 1. The van der Waals surface area contributed by atoms with Crippen molar-refractivity contribution in [1.29, 1.82) is 0 Å². The van der Waals surface area contributed by atoms with Crippen molar-refractivity contribution in [2.24, 2.45) is 4.99 Å². The lowest BCUT2D eigenvalue weighted by Crippen LogP contribution is -2.38. The number of carbonyl (C=O) groups excluding carboxylic acids is 1. The van der Waals surface area contributed by atoms with Crippen LogP contribution in [0.15, 0.2) is 53.5 Å². The maximum atomic E-state index is 11.8. The molecular weight excluding hydrogens is 521 g/mol. The zero-order valence-electron chi connectivity index (χ0n) is 18.3. The minimum Gasteiger partial charge on any atom is -0.497 e. The van der Waals surface area contributed by atoms with Crippen molar-refractivity contribution < 1.29 is 9.53 Å². The summed E-state index contributed by atoms with van der Waals surface area (Å²) in [5, 5.41) is 16.3. The molecule has 4 N–H and O–H groups in total. The predicted octanol–water partition coefficient (Wildman–Crippen LogP) is 2.37. The lowest BCUT2D eigenvalue weighted by Gasteiger charge is -2.11. The molecule has 9 nitrogen and oxygen atoms in total. The Balaban J connectivity index is 0.00000363. The third kappa shape index (κ3) is 6.94. The standard InChI is InChI=1S/C22H27N7O2.HI/c1-23-21(30)17-6-4-5-15(13-17)11-12-25-22(24-2)26-14-19-27-20(29-28-19)16-7-9-18(31-3)10-8-16;/h4-10,13H,11-12,14H2,1-3H3,(H,23,30)(H2,24,25,26)(H,27,28,29);1H. The van der Waals surface area contributed by atoms with Crippen molar-refractivity contribution in [1.82, 2.24) is 31.1 Å². The fraction of sp³-hybridized carbons (Fsp3) is 0.273. The Kier molecular flexibility index (Phi) is 9.92. The van der Waals surface area contributed by atoms with Gasteiger partial charge >= 0.3 is 0 Å². The van der Waals surface area contributed by atoms with Crippen LogP contribution in [0.2, 0.25) is 0 Å². The molecule has 1 aromatic heterocycles. The highest BCUT2D eigenvalue weighted by Crippen LogP contribution is 2.18. The molecule has 0 aliphatic rings. The lowest BCUT2D eigenvalue weighted by molar-refractivity contribution is 0.0963. The second-order valence-electron chi connectivity index (χ2n) is 6.72. The molecule has 170 valence electrons. The van der Waals surface area contributed by atoms with Gasteiger partial charge in [-0.15, -0.1) is 24.0 Å². The number of aromatic nitrogens is 3. The summed E-state index contributed by atoms with van der Waals surface area (Å²) < 4.78 is 5.17. The number of nitrogens with one attached hydrogen (secondary N) is 4. The second kappa shape index (κ2) is 12.6.